The predicted molar refractivity (Wildman–Crippen MR) is 67.8 cm³/mol. The highest BCUT2D eigenvalue weighted by Gasteiger charge is 2.16. The van der Waals surface area contributed by atoms with Crippen LogP contribution in [0.3, 0.4) is 0 Å². The van der Waals surface area contributed by atoms with Crippen molar-refractivity contribution in [2.24, 2.45) is 5.92 Å². The molecule has 4 heteroatoms. The van der Waals surface area contributed by atoms with Crippen molar-refractivity contribution in [3.8, 4) is 0 Å². The minimum absolute atomic E-state index is 0.559. The van der Waals surface area contributed by atoms with Crippen LogP contribution in [0.4, 0.5) is 0 Å². The van der Waals surface area contributed by atoms with E-state index in [2.05, 4.69) is 4.98 Å². The van der Waals surface area contributed by atoms with Gasteiger partial charge in [0, 0.05) is 25.6 Å². The Bertz CT molecular complexity index is 556. The highest BCUT2D eigenvalue weighted by molar-refractivity contribution is 5.84. The zero-order chi connectivity index (χ0) is 12.4. The second kappa shape index (κ2) is 4.90. The first-order valence-electron chi connectivity index (χ1n) is 6.36. The van der Waals surface area contributed by atoms with Gasteiger partial charge in [0.2, 0.25) is 0 Å². The lowest BCUT2D eigenvalue weighted by atomic mass is 9.97. The number of hydrogen-bond acceptors (Lipinski definition) is 3. The summed E-state index contributed by atoms with van der Waals surface area (Å²) < 4.78 is 7.40. The lowest BCUT2D eigenvalue weighted by Gasteiger charge is -2.20. The lowest BCUT2D eigenvalue weighted by Crippen LogP contribution is -2.19. The molecule has 2 aromatic rings. The van der Waals surface area contributed by atoms with Crippen LogP contribution in [0.25, 0.3) is 5.65 Å². The Hall–Kier alpha value is -1.68. The average molecular weight is 244 g/mol. The standard InChI is InChI=1S/C14H16N2O2/c17-9-12-4-1-5-16-8-13(15-14(12)16)7-11-3-2-6-18-10-11/h1,4-5,8-9,11H,2-3,6-7,10H2. The van der Waals surface area contributed by atoms with Crippen molar-refractivity contribution in [2.45, 2.75) is 19.3 Å². The summed E-state index contributed by atoms with van der Waals surface area (Å²) in [5.41, 5.74) is 2.43. The Kier molecular flexibility index (Phi) is 3.11. The molecule has 94 valence electrons. The molecule has 0 spiro atoms. The quantitative estimate of drug-likeness (QED) is 0.777. The van der Waals surface area contributed by atoms with Gasteiger partial charge in [0.15, 0.2) is 6.29 Å². The molecule has 0 N–H and O–H groups in total. The van der Waals surface area contributed by atoms with Crippen LogP contribution in [0.15, 0.2) is 24.5 Å². The van der Waals surface area contributed by atoms with Crippen molar-refractivity contribution in [1.29, 1.82) is 0 Å². The molecule has 1 fully saturated rings. The van der Waals surface area contributed by atoms with E-state index in [0.29, 0.717) is 11.5 Å². The van der Waals surface area contributed by atoms with Crippen LogP contribution < -0.4 is 0 Å². The number of carbonyl (C=O) groups excluding carboxylic acids is 1. The number of hydrogen-bond donors (Lipinski definition) is 0. The van der Waals surface area contributed by atoms with E-state index in [9.17, 15) is 4.79 Å². The van der Waals surface area contributed by atoms with E-state index in [1.54, 1.807) is 6.07 Å². The zero-order valence-corrected chi connectivity index (χ0v) is 10.2. The molecular weight excluding hydrogens is 228 g/mol. The highest BCUT2D eigenvalue weighted by atomic mass is 16.5. The van der Waals surface area contributed by atoms with Gasteiger partial charge >= 0.3 is 0 Å². The average Bonchev–Trinajstić information content (AvgIpc) is 2.82. The Morgan fingerprint density at radius 1 is 1.56 bits per heavy atom. The second-order valence-corrected chi connectivity index (χ2v) is 4.83. The summed E-state index contributed by atoms with van der Waals surface area (Å²) in [5.74, 6) is 0.559. The summed E-state index contributed by atoms with van der Waals surface area (Å²) in [4.78, 5) is 15.5. The number of carbonyl (C=O) groups is 1. The van der Waals surface area contributed by atoms with Crippen molar-refractivity contribution in [1.82, 2.24) is 9.38 Å². The van der Waals surface area contributed by atoms with Gasteiger partial charge in [-0.2, -0.15) is 0 Å². The SMILES string of the molecule is O=Cc1cccn2cc(CC3CCCOC3)nc12. The van der Waals surface area contributed by atoms with E-state index in [-0.39, 0.29) is 0 Å². The van der Waals surface area contributed by atoms with Gasteiger partial charge < -0.3 is 9.14 Å². The van der Waals surface area contributed by atoms with Gasteiger partial charge in [0.25, 0.3) is 0 Å². The highest BCUT2D eigenvalue weighted by Crippen LogP contribution is 2.19. The first kappa shape index (κ1) is 11.4. The summed E-state index contributed by atoms with van der Waals surface area (Å²) in [6.45, 7) is 1.71. The van der Waals surface area contributed by atoms with Gasteiger partial charge in [-0.25, -0.2) is 4.98 Å². The molecule has 3 heterocycles. The van der Waals surface area contributed by atoms with Crippen LogP contribution in [-0.4, -0.2) is 28.9 Å². The van der Waals surface area contributed by atoms with Crippen LogP contribution in [0.5, 0.6) is 0 Å². The number of ether oxygens (including phenoxy) is 1. The number of rotatable bonds is 3. The summed E-state index contributed by atoms with van der Waals surface area (Å²) in [5, 5.41) is 0. The van der Waals surface area contributed by atoms with E-state index < -0.39 is 0 Å². The molecule has 1 saturated heterocycles. The van der Waals surface area contributed by atoms with Gasteiger partial charge in [0.05, 0.1) is 11.3 Å². The molecule has 4 nitrogen and oxygen atoms in total. The van der Waals surface area contributed by atoms with Gasteiger partial charge in [-0.15, -0.1) is 0 Å². The first-order chi connectivity index (χ1) is 8.86. The Labute approximate surface area is 106 Å². The minimum Gasteiger partial charge on any atom is -0.381 e. The number of nitrogens with zero attached hydrogens (tertiary/aromatic N) is 2. The molecule has 0 bridgehead atoms. The van der Waals surface area contributed by atoms with Crippen molar-refractivity contribution in [2.75, 3.05) is 13.2 Å². The van der Waals surface area contributed by atoms with Crippen molar-refractivity contribution in [3.63, 3.8) is 0 Å². The number of fused-ring (bicyclic) bond motifs is 1. The van der Waals surface area contributed by atoms with E-state index in [0.717, 1.165) is 43.7 Å². The Balaban J connectivity index is 1.86. The van der Waals surface area contributed by atoms with Gasteiger partial charge in [-0.05, 0) is 37.3 Å². The number of imidazole rings is 1. The summed E-state index contributed by atoms with van der Waals surface area (Å²) in [7, 11) is 0. The van der Waals surface area contributed by atoms with Crippen LogP contribution in [0.2, 0.25) is 0 Å². The monoisotopic (exact) mass is 244 g/mol. The van der Waals surface area contributed by atoms with Gasteiger partial charge in [-0.3, -0.25) is 4.79 Å². The van der Waals surface area contributed by atoms with Gasteiger partial charge in [0.1, 0.15) is 5.65 Å². The molecular formula is C14H16N2O2. The topological polar surface area (TPSA) is 43.6 Å². The maximum atomic E-state index is 10.9. The van der Waals surface area contributed by atoms with E-state index >= 15 is 0 Å². The molecule has 3 rings (SSSR count). The molecule has 1 aliphatic heterocycles. The molecule has 1 aliphatic rings. The third-order valence-electron chi connectivity index (χ3n) is 3.44. The van der Waals surface area contributed by atoms with Gasteiger partial charge in [-0.1, -0.05) is 0 Å². The fourth-order valence-electron chi connectivity index (χ4n) is 2.54. The van der Waals surface area contributed by atoms with E-state index in [4.69, 9.17) is 4.74 Å². The number of pyridine rings is 1. The lowest BCUT2D eigenvalue weighted by molar-refractivity contribution is 0.0547. The summed E-state index contributed by atoms with van der Waals surface area (Å²) >= 11 is 0. The Morgan fingerprint density at radius 3 is 3.28 bits per heavy atom. The molecule has 0 aliphatic carbocycles. The number of aromatic nitrogens is 2. The fourth-order valence-corrected chi connectivity index (χ4v) is 2.54. The van der Waals surface area contributed by atoms with E-state index in [1.165, 1.54) is 6.42 Å². The van der Waals surface area contributed by atoms with Crippen LogP contribution in [0.1, 0.15) is 28.9 Å². The van der Waals surface area contributed by atoms with Crippen LogP contribution in [-0.2, 0) is 11.2 Å². The van der Waals surface area contributed by atoms with E-state index in [1.807, 2.05) is 22.9 Å². The van der Waals surface area contributed by atoms with Crippen molar-refractivity contribution < 1.29 is 9.53 Å². The molecule has 0 saturated carbocycles. The number of aldehydes is 1. The molecule has 2 aromatic heterocycles. The molecule has 1 unspecified atom stereocenters. The van der Waals surface area contributed by atoms with Crippen molar-refractivity contribution in [3.05, 3.63) is 35.8 Å². The molecule has 0 amide bonds. The maximum absolute atomic E-state index is 10.9. The minimum atomic E-state index is 0.559. The third-order valence-corrected chi connectivity index (χ3v) is 3.44. The molecule has 0 aromatic carbocycles. The molecule has 18 heavy (non-hydrogen) atoms. The Morgan fingerprint density at radius 2 is 2.50 bits per heavy atom. The first-order valence-corrected chi connectivity index (χ1v) is 6.36. The fraction of sp³-hybridized carbons (Fsp3) is 0.429. The summed E-state index contributed by atoms with van der Waals surface area (Å²) in [6.07, 6.45) is 8.06. The smallest absolute Gasteiger partial charge is 0.153 e. The van der Waals surface area contributed by atoms with Crippen LogP contribution in [0, 0.1) is 5.92 Å². The maximum Gasteiger partial charge on any atom is 0.153 e. The predicted octanol–water partition coefficient (Wildman–Crippen LogP) is 2.12. The third kappa shape index (κ3) is 2.16. The normalized spacial score (nSPS) is 20.1. The van der Waals surface area contributed by atoms with Crippen molar-refractivity contribution >= 4 is 11.9 Å². The largest absolute Gasteiger partial charge is 0.381 e. The van der Waals surface area contributed by atoms with Crippen LogP contribution >= 0.6 is 0 Å². The second-order valence-electron chi connectivity index (χ2n) is 4.83. The molecule has 0 radical (unpaired) electrons. The zero-order valence-electron chi connectivity index (χ0n) is 10.2. The molecule has 1 atom stereocenters. The summed E-state index contributed by atoms with van der Waals surface area (Å²) in [6, 6.07) is 3.66.